The van der Waals surface area contributed by atoms with E-state index >= 15 is 0 Å². The highest BCUT2D eigenvalue weighted by Crippen LogP contribution is 2.20. The van der Waals surface area contributed by atoms with Gasteiger partial charge in [0, 0.05) is 18.7 Å². The fraction of sp³-hybridized carbons (Fsp3) is 0.333. The molecule has 1 fully saturated rings. The third kappa shape index (κ3) is 6.77. The summed E-state index contributed by atoms with van der Waals surface area (Å²) in [5, 5.41) is 2.80. The number of sulfonamides is 1. The molecule has 0 saturated heterocycles. The summed E-state index contributed by atoms with van der Waals surface area (Å²) in [5.74, 6) is -0.643. The number of benzene rings is 2. The lowest BCUT2D eigenvalue weighted by atomic mass is 10.1. The van der Waals surface area contributed by atoms with Crippen molar-refractivity contribution in [1.29, 1.82) is 0 Å². The molecular formula is C24H28N2O5S. The average molecular weight is 457 g/mol. The van der Waals surface area contributed by atoms with Gasteiger partial charge in [0.15, 0.2) is 0 Å². The number of methoxy groups -OCH3 is 1. The van der Waals surface area contributed by atoms with Gasteiger partial charge in [0.05, 0.1) is 17.6 Å². The maximum absolute atomic E-state index is 12.5. The summed E-state index contributed by atoms with van der Waals surface area (Å²) in [6.07, 6.45) is 7.59. The van der Waals surface area contributed by atoms with E-state index in [1.54, 1.807) is 54.6 Å². The first-order valence-electron chi connectivity index (χ1n) is 10.6. The standard InChI is InChI=1S/C24H28N2O5S/c1-31-24(28)20-11-6-18(7-12-20)10-15-23(27)25-17-16-19-8-13-22(14-9-19)32(29,30)26-21-4-2-3-5-21/h6-15,21,26H,2-5,16-17H2,1H3,(H,25,27)/b15-10+. The van der Waals surface area contributed by atoms with Crippen LogP contribution in [0.5, 0.6) is 0 Å². The van der Waals surface area contributed by atoms with Gasteiger partial charge < -0.3 is 10.1 Å². The Morgan fingerprint density at radius 3 is 2.31 bits per heavy atom. The molecule has 8 heteroatoms. The highest BCUT2D eigenvalue weighted by Gasteiger charge is 2.22. The number of amides is 1. The lowest BCUT2D eigenvalue weighted by Crippen LogP contribution is -2.32. The molecule has 0 radical (unpaired) electrons. The quantitative estimate of drug-likeness (QED) is 0.446. The van der Waals surface area contributed by atoms with E-state index in [9.17, 15) is 18.0 Å². The van der Waals surface area contributed by atoms with E-state index in [-0.39, 0.29) is 16.8 Å². The molecule has 32 heavy (non-hydrogen) atoms. The number of hydrogen-bond donors (Lipinski definition) is 2. The first-order valence-corrected chi connectivity index (χ1v) is 12.1. The molecular weight excluding hydrogens is 428 g/mol. The highest BCUT2D eigenvalue weighted by molar-refractivity contribution is 7.89. The van der Waals surface area contributed by atoms with E-state index in [0.29, 0.717) is 18.5 Å². The van der Waals surface area contributed by atoms with Crippen LogP contribution in [0.3, 0.4) is 0 Å². The fourth-order valence-corrected chi connectivity index (χ4v) is 4.88. The topological polar surface area (TPSA) is 102 Å². The van der Waals surface area contributed by atoms with Crippen molar-refractivity contribution in [2.75, 3.05) is 13.7 Å². The smallest absolute Gasteiger partial charge is 0.337 e. The Morgan fingerprint density at radius 2 is 1.69 bits per heavy atom. The summed E-state index contributed by atoms with van der Waals surface area (Å²) in [5.41, 5.74) is 2.17. The van der Waals surface area contributed by atoms with E-state index in [1.807, 2.05) is 0 Å². The summed E-state index contributed by atoms with van der Waals surface area (Å²) >= 11 is 0. The van der Waals surface area contributed by atoms with Gasteiger partial charge in [-0.25, -0.2) is 17.9 Å². The molecule has 2 N–H and O–H groups in total. The van der Waals surface area contributed by atoms with E-state index < -0.39 is 16.0 Å². The summed E-state index contributed by atoms with van der Waals surface area (Å²) < 4.78 is 32.3. The Hall–Kier alpha value is -2.97. The first-order chi connectivity index (χ1) is 15.4. The fourth-order valence-electron chi connectivity index (χ4n) is 3.58. The van der Waals surface area contributed by atoms with Crippen LogP contribution in [0.25, 0.3) is 6.08 Å². The SMILES string of the molecule is COC(=O)c1ccc(/C=C/C(=O)NCCc2ccc(S(=O)(=O)NC3CCCC3)cc2)cc1. The Balaban J connectivity index is 1.45. The summed E-state index contributed by atoms with van der Waals surface area (Å²) in [6.45, 7) is 0.427. The highest BCUT2D eigenvalue weighted by atomic mass is 32.2. The van der Waals surface area contributed by atoms with Gasteiger partial charge in [-0.05, 0) is 60.7 Å². The maximum atomic E-state index is 12.5. The summed E-state index contributed by atoms with van der Waals surface area (Å²) in [4.78, 5) is 23.7. The van der Waals surface area contributed by atoms with E-state index in [4.69, 9.17) is 0 Å². The summed E-state index contributed by atoms with van der Waals surface area (Å²) in [6, 6.07) is 13.5. The van der Waals surface area contributed by atoms with E-state index in [2.05, 4.69) is 14.8 Å². The largest absolute Gasteiger partial charge is 0.465 e. The number of carbonyl (C=O) groups is 2. The van der Waals surface area contributed by atoms with E-state index in [0.717, 1.165) is 36.8 Å². The van der Waals surface area contributed by atoms with Crippen LogP contribution in [0.2, 0.25) is 0 Å². The third-order valence-corrected chi connectivity index (χ3v) is 6.92. The van der Waals surface area contributed by atoms with Gasteiger partial charge in [-0.3, -0.25) is 4.79 Å². The van der Waals surface area contributed by atoms with Crippen molar-refractivity contribution in [2.24, 2.45) is 0 Å². The van der Waals surface area contributed by atoms with Crippen LogP contribution in [-0.2, 0) is 26.0 Å². The molecule has 1 aliphatic carbocycles. The summed E-state index contributed by atoms with van der Waals surface area (Å²) in [7, 11) is -2.17. The van der Waals surface area contributed by atoms with Crippen molar-refractivity contribution >= 4 is 28.0 Å². The third-order valence-electron chi connectivity index (χ3n) is 5.38. The number of hydrogen-bond acceptors (Lipinski definition) is 5. The molecule has 0 aromatic heterocycles. The molecule has 0 bridgehead atoms. The van der Waals surface area contributed by atoms with Gasteiger partial charge in [-0.1, -0.05) is 37.1 Å². The van der Waals surface area contributed by atoms with Crippen LogP contribution < -0.4 is 10.0 Å². The molecule has 1 aliphatic rings. The van der Waals surface area contributed by atoms with Crippen molar-refractivity contribution < 1.29 is 22.7 Å². The van der Waals surface area contributed by atoms with Gasteiger partial charge in [0.2, 0.25) is 15.9 Å². The molecule has 2 aromatic rings. The lowest BCUT2D eigenvalue weighted by Gasteiger charge is -2.12. The second-order valence-electron chi connectivity index (χ2n) is 7.73. The normalized spacial score (nSPS) is 14.5. The van der Waals surface area contributed by atoms with Crippen LogP contribution in [0.4, 0.5) is 0 Å². The zero-order valence-electron chi connectivity index (χ0n) is 18.0. The van der Waals surface area contributed by atoms with Crippen molar-refractivity contribution in [1.82, 2.24) is 10.0 Å². The first kappa shape index (κ1) is 23.7. The molecule has 170 valence electrons. The average Bonchev–Trinajstić information content (AvgIpc) is 3.30. The minimum atomic E-state index is -3.49. The molecule has 1 saturated carbocycles. The van der Waals surface area contributed by atoms with Gasteiger partial charge in [-0.2, -0.15) is 0 Å². The molecule has 2 aromatic carbocycles. The molecule has 0 heterocycles. The Labute approximate surface area is 188 Å². The minimum Gasteiger partial charge on any atom is -0.465 e. The maximum Gasteiger partial charge on any atom is 0.337 e. The van der Waals surface area contributed by atoms with Crippen LogP contribution in [0, 0.1) is 0 Å². The Kier molecular flexibility index (Phi) is 8.19. The predicted molar refractivity (Wildman–Crippen MR) is 123 cm³/mol. The number of nitrogens with one attached hydrogen (secondary N) is 2. The molecule has 0 atom stereocenters. The van der Waals surface area contributed by atoms with Crippen LogP contribution in [-0.4, -0.2) is 40.0 Å². The van der Waals surface area contributed by atoms with Crippen LogP contribution in [0.15, 0.2) is 59.5 Å². The van der Waals surface area contributed by atoms with Gasteiger partial charge in [-0.15, -0.1) is 0 Å². The van der Waals surface area contributed by atoms with Crippen molar-refractivity contribution in [3.63, 3.8) is 0 Å². The number of rotatable bonds is 9. The molecule has 0 unspecified atom stereocenters. The molecule has 1 amide bonds. The zero-order chi connectivity index (χ0) is 23.0. The van der Waals surface area contributed by atoms with Gasteiger partial charge >= 0.3 is 5.97 Å². The lowest BCUT2D eigenvalue weighted by molar-refractivity contribution is -0.116. The van der Waals surface area contributed by atoms with Crippen LogP contribution in [0.1, 0.15) is 47.2 Å². The minimum absolute atomic E-state index is 0.0359. The monoisotopic (exact) mass is 456 g/mol. The predicted octanol–water partition coefficient (Wildman–Crippen LogP) is 3.07. The van der Waals surface area contributed by atoms with Crippen molar-refractivity contribution in [3.8, 4) is 0 Å². The second kappa shape index (κ2) is 11.1. The van der Waals surface area contributed by atoms with Crippen LogP contribution >= 0.6 is 0 Å². The molecule has 0 spiro atoms. The second-order valence-corrected chi connectivity index (χ2v) is 9.45. The Bertz CT molecular complexity index is 1050. The van der Waals surface area contributed by atoms with Gasteiger partial charge in [0.25, 0.3) is 0 Å². The van der Waals surface area contributed by atoms with Gasteiger partial charge in [0.1, 0.15) is 0 Å². The Morgan fingerprint density at radius 1 is 1.03 bits per heavy atom. The molecule has 3 rings (SSSR count). The number of carbonyl (C=O) groups excluding carboxylic acids is 2. The van der Waals surface area contributed by atoms with E-state index in [1.165, 1.54) is 13.2 Å². The van der Waals surface area contributed by atoms with Crippen molar-refractivity contribution in [2.45, 2.75) is 43.0 Å². The number of ether oxygens (including phenoxy) is 1. The molecule has 7 nitrogen and oxygen atoms in total. The number of esters is 1. The zero-order valence-corrected chi connectivity index (χ0v) is 18.9. The van der Waals surface area contributed by atoms with Crippen molar-refractivity contribution in [3.05, 3.63) is 71.3 Å². The molecule has 0 aliphatic heterocycles.